The van der Waals surface area contributed by atoms with E-state index in [9.17, 15) is 18.8 Å². The van der Waals surface area contributed by atoms with Gasteiger partial charge in [0.25, 0.3) is 5.91 Å². The van der Waals surface area contributed by atoms with Crippen LogP contribution in [0.2, 0.25) is 0 Å². The first-order chi connectivity index (χ1) is 14.5. The number of amides is 3. The van der Waals surface area contributed by atoms with Gasteiger partial charge >= 0.3 is 0 Å². The molecule has 1 unspecified atom stereocenters. The zero-order chi connectivity index (χ0) is 21.1. The highest BCUT2D eigenvalue weighted by Crippen LogP contribution is 2.19. The molecule has 0 fully saturated rings. The van der Waals surface area contributed by atoms with Gasteiger partial charge in [0.05, 0.1) is 16.8 Å². The third-order valence-electron chi connectivity index (χ3n) is 5.12. The minimum absolute atomic E-state index is 0.0930. The van der Waals surface area contributed by atoms with Gasteiger partial charge in [-0.15, -0.1) is 0 Å². The van der Waals surface area contributed by atoms with Gasteiger partial charge in [0.1, 0.15) is 11.9 Å². The van der Waals surface area contributed by atoms with Crippen molar-refractivity contribution in [3.63, 3.8) is 0 Å². The van der Waals surface area contributed by atoms with Crippen LogP contribution in [0.3, 0.4) is 0 Å². The molecule has 0 saturated heterocycles. The third-order valence-corrected chi connectivity index (χ3v) is 5.12. The molecule has 1 atom stereocenters. The fourth-order valence-electron chi connectivity index (χ4n) is 3.55. The highest BCUT2D eigenvalue weighted by Gasteiger charge is 2.27. The zero-order valence-corrected chi connectivity index (χ0v) is 16.2. The summed E-state index contributed by atoms with van der Waals surface area (Å²) in [6.07, 6.45) is 2.13. The second-order valence-electron chi connectivity index (χ2n) is 7.16. The fraction of sp³-hybridized carbons (Fsp3) is 0.227. The van der Waals surface area contributed by atoms with Crippen LogP contribution in [-0.2, 0) is 16.1 Å². The molecule has 3 amide bonds. The molecule has 0 saturated carbocycles. The van der Waals surface area contributed by atoms with Gasteiger partial charge in [-0.25, -0.2) is 4.39 Å². The Kier molecular flexibility index (Phi) is 5.47. The summed E-state index contributed by atoms with van der Waals surface area (Å²) in [5.74, 6) is -1.22. The Balaban J connectivity index is 1.28. The summed E-state index contributed by atoms with van der Waals surface area (Å²) in [6, 6.07) is 12.5. The van der Waals surface area contributed by atoms with Crippen LogP contribution in [0.5, 0.6) is 0 Å². The molecular weight excluding hydrogens is 387 g/mol. The normalized spacial score (nSPS) is 15.8. The number of hydrogen-bond donors (Lipinski definition) is 3. The average Bonchev–Trinajstić information content (AvgIpc) is 3.07. The number of carbonyl (C=O) groups excluding carboxylic acids is 3. The van der Waals surface area contributed by atoms with Crippen molar-refractivity contribution in [3.05, 3.63) is 66.1 Å². The lowest BCUT2D eigenvalue weighted by molar-refractivity contribution is -0.121. The number of para-hydroxylation sites is 1. The quantitative estimate of drug-likeness (QED) is 0.585. The molecule has 154 valence electrons. The van der Waals surface area contributed by atoms with Crippen molar-refractivity contribution < 1.29 is 18.8 Å². The van der Waals surface area contributed by atoms with E-state index in [4.69, 9.17) is 0 Å². The molecular formula is C22H21FN4O3. The van der Waals surface area contributed by atoms with Gasteiger partial charge in [-0.3, -0.25) is 14.4 Å². The highest BCUT2D eigenvalue weighted by molar-refractivity contribution is 6.09. The molecule has 1 aliphatic heterocycles. The lowest BCUT2D eigenvalue weighted by Gasteiger charge is -2.14. The summed E-state index contributed by atoms with van der Waals surface area (Å²) in [7, 11) is 0. The number of nitrogens with zero attached hydrogens (tertiary/aromatic N) is 1. The van der Waals surface area contributed by atoms with Crippen molar-refractivity contribution in [1.82, 2.24) is 15.2 Å². The van der Waals surface area contributed by atoms with E-state index in [1.165, 1.54) is 12.1 Å². The molecule has 0 aliphatic carbocycles. The van der Waals surface area contributed by atoms with Crippen LogP contribution in [0.4, 0.5) is 10.1 Å². The second-order valence-corrected chi connectivity index (χ2v) is 7.16. The first-order valence-corrected chi connectivity index (χ1v) is 9.73. The number of anilines is 1. The fourth-order valence-corrected chi connectivity index (χ4v) is 3.55. The molecule has 1 aromatic heterocycles. The number of fused-ring (bicyclic) bond motifs is 2. The van der Waals surface area contributed by atoms with E-state index in [0.29, 0.717) is 24.3 Å². The van der Waals surface area contributed by atoms with Gasteiger partial charge in [-0.1, -0.05) is 12.1 Å². The number of halogens is 1. The maximum Gasteiger partial charge on any atom is 0.254 e. The number of rotatable bonds is 6. The van der Waals surface area contributed by atoms with Gasteiger partial charge in [-0.2, -0.15) is 0 Å². The minimum atomic E-state index is -0.785. The van der Waals surface area contributed by atoms with Crippen LogP contribution in [0.15, 0.2) is 54.7 Å². The van der Waals surface area contributed by atoms with E-state index in [0.717, 1.165) is 10.9 Å². The predicted molar refractivity (Wildman–Crippen MR) is 110 cm³/mol. The van der Waals surface area contributed by atoms with E-state index < -0.39 is 6.04 Å². The van der Waals surface area contributed by atoms with Gasteiger partial charge in [0.2, 0.25) is 11.8 Å². The van der Waals surface area contributed by atoms with Crippen molar-refractivity contribution in [3.8, 4) is 0 Å². The number of carbonyl (C=O) groups is 3. The van der Waals surface area contributed by atoms with Gasteiger partial charge in [-0.05, 0) is 48.2 Å². The van der Waals surface area contributed by atoms with Crippen LogP contribution >= 0.6 is 0 Å². The molecule has 2 aromatic carbocycles. The molecule has 3 N–H and O–H groups in total. The number of nitrogens with one attached hydrogen (secondary N) is 3. The predicted octanol–water partition coefficient (Wildman–Crippen LogP) is 2.43. The molecule has 3 aromatic rings. The molecule has 30 heavy (non-hydrogen) atoms. The van der Waals surface area contributed by atoms with Gasteiger partial charge < -0.3 is 20.5 Å². The Bertz CT molecular complexity index is 1120. The second kappa shape index (κ2) is 8.36. The van der Waals surface area contributed by atoms with E-state index in [1.807, 2.05) is 16.8 Å². The highest BCUT2D eigenvalue weighted by atomic mass is 19.1. The van der Waals surface area contributed by atoms with E-state index >= 15 is 0 Å². The van der Waals surface area contributed by atoms with Crippen LogP contribution < -0.4 is 16.0 Å². The first kappa shape index (κ1) is 19.6. The molecule has 7 nitrogen and oxygen atoms in total. The van der Waals surface area contributed by atoms with Crippen molar-refractivity contribution in [2.45, 2.75) is 25.4 Å². The Morgan fingerprint density at radius 3 is 2.83 bits per heavy atom. The molecule has 0 spiro atoms. The van der Waals surface area contributed by atoms with Crippen LogP contribution in [0.25, 0.3) is 10.9 Å². The average molecular weight is 408 g/mol. The summed E-state index contributed by atoms with van der Waals surface area (Å²) in [5, 5.41) is 9.13. The molecule has 1 aliphatic rings. The van der Waals surface area contributed by atoms with E-state index in [1.54, 1.807) is 30.3 Å². The lowest BCUT2D eigenvalue weighted by atomic mass is 10.1. The molecule has 4 rings (SSSR count). The lowest BCUT2D eigenvalue weighted by Crippen LogP contribution is -2.42. The van der Waals surface area contributed by atoms with Crippen molar-refractivity contribution >= 4 is 34.3 Å². The van der Waals surface area contributed by atoms with E-state index in [2.05, 4.69) is 16.0 Å². The van der Waals surface area contributed by atoms with Gasteiger partial charge in [0, 0.05) is 25.7 Å². The minimum Gasteiger partial charge on any atom is -0.354 e. The Labute approximate surface area is 172 Å². The maximum atomic E-state index is 13.5. The first-order valence-electron chi connectivity index (χ1n) is 9.73. The number of aromatic nitrogens is 1. The van der Waals surface area contributed by atoms with Gasteiger partial charge in [0.15, 0.2) is 0 Å². The Morgan fingerprint density at radius 1 is 1.13 bits per heavy atom. The summed E-state index contributed by atoms with van der Waals surface area (Å²) in [5.41, 5.74) is 1.62. The molecule has 8 heteroatoms. The third kappa shape index (κ3) is 4.17. The monoisotopic (exact) mass is 408 g/mol. The summed E-state index contributed by atoms with van der Waals surface area (Å²) in [6.45, 7) is 0.864. The summed E-state index contributed by atoms with van der Waals surface area (Å²) in [4.78, 5) is 36.9. The Morgan fingerprint density at radius 2 is 1.97 bits per heavy atom. The number of benzene rings is 2. The summed E-state index contributed by atoms with van der Waals surface area (Å²) < 4.78 is 15.3. The van der Waals surface area contributed by atoms with Crippen molar-refractivity contribution in [2.24, 2.45) is 0 Å². The zero-order valence-electron chi connectivity index (χ0n) is 16.2. The SMILES string of the molecule is O=C(CCC1NC(=O)c2ccccc2NC1=O)NCCn1ccc2ccc(F)cc21. The van der Waals surface area contributed by atoms with Crippen LogP contribution in [0.1, 0.15) is 23.2 Å². The topological polar surface area (TPSA) is 92.2 Å². The standard InChI is InChI=1S/C22H21FN4O3/c23-15-6-5-14-9-11-27(19(14)13-15)12-10-24-20(28)8-7-18-22(30)25-17-4-2-1-3-16(17)21(29)26-18/h1-6,9,11,13,18H,7-8,10,12H2,(H,24,28)(H,25,30)(H,26,29). The van der Waals surface area contributed by atoms with Crippen LogP contribution in [0, 0.1) is 5.82 Å². The smallest absolute Gasteiger partial charge is 0.254 e. The number of hydrogen-bond acceptors (Lipinski definition) is 3. The molecule has 0 radical (unpaired) electrons. The maximum absolute atomic E-state index is 13.5. The molecule has 0 bridgehead atoms. The van der Waals surface area contributed by atoms with E-state index in [-0.39, 0.29) is 36.4 Å². The largest absolute Gasteiger partial charge is 0.354 e. The molecule has 2 heterocycles. The summed E-state index contributed by atoms with van der Waals surface area (Å²) >= 11 is 0. The van der Waals surface area contributed by atoms with Crippen molar-refractivity contribution in [2.75, 3.05) is 11.9 Å². The van der Waals surface area contributed by atoms with Crippen LogP contribution in [-0.4, -0.2) is 34.9 Å². The Hall–Kier alpha value is -3.68. The van der Waals surface area contributed by atoms with Crippen molar-refractivity contribution in [1.29, 1.82) is 0 Å².